The van der Waals surface area contributed by atoms with Crippen LogP contribution in [0.3, 0.4) is 0 Å². The van der Waals surface area contributed by atoms with Gasteiger partial charge in [0.1, 0.15) is 0 Å². The maximum Gasteiger partial charge on any atom is 0.0637 e. The summed E-state index contributed by atoms with van der Waals surface area (Å²) in [5, 5.41) is 13.8. The molecule has 2 rings (SSSR count). The van der Waals surface area contributed by atoms with Crippen molar-refractivity contribution < 1.29 is 5.11 Å². The summed E-state index contributed by atoms with van der Waals surface area (Å²) < 4.78 is 0. The first-order valence-electron chi connectivity index (χ1n) is 6.48. The first kappa shape index (κ1) is 11.4. The normalized spacial score (nSPS) is 31.8. The molecule has 1 saturated carbocycles. The van der Waals surface area contributed by atoms with Crippen molar-refractivity contribution in [1.82, 2.24) is 5.32 Å². The summed E-state index contributed by atoms with van der Waals surface area (Å²) in [4.78, 5) is 0. The number of rotatable bonds is 1. The van der Waals surface area contributed by atoms with Crippen LogP contribution in [0.1, 0.15) is 52.4 Å². The number of nitrogens with one attached hydrogen (secondary N) is 1. The van der Waals surface area contributed by atoms with Gasteiger partial charge in [0.25, 0.3) is 0 Å². The summed E-state index contributed by atoms with van der Waals surface area (Å²) in [6.07, 6.45) is 8.07. The lowest BCUT2D eigenvalue weighted by Crippen LogP contribution is -2.54. The predicted octanol–water partition coefficient (Wildman–Crippen LogP) is 2.32. The molecular weight excluding hydrogens is 186 g/mol. The lowest BCUT2D eigenvalue weighted by Gasteiger charge is -2.51. The summed E-state index contributed by atoms with van der Waals surface area (Å²) in [5.74, 6) is 0.444. The van der Waals surface area contributed by atoms with Crippen molar-refractivity contribution in [1.29, 1.82) is 0 Å². The minimum absolute atomic E-state index is 0.444. The molecule has 2 nitrogen and oxygen atoms in total. The van der Waals surface area contributed by atoms with Crippen LogP contribution in [0.25, 0.3) is 0 Å². The van der Waals surface area contributed by atoms with Gasteiger partial charge in [-0.2, -0.15) is 0 Å². The second-order valence-electron chi connectivity index (χ2n) is 6.08. The van der Waals surface area contributed by atoms with Gasteiger partial charge in [-0.25, -0.2) is 0 Å². The SMILES string of the molecule is CC(C)(O)C1CNCCC12CCCCC2. The van der Waals surface area contributed by atoms with Crippen LogP contribution in [0.2, 0.25) is 0 Å². The van der Waals surface area contributed by atoms with Crippen molar-refractivity contribution in [2.24, 2.45) is 11.3 Å². The molecule has 0 aromatic heterocycles. The van der Waals surface area contributed by atoms with Crippen LogP contribution in [-0.4, -0.2) is 23.8 Å². The monoisotopic (exact) mass is 211 g/mol. The maximum atomic E-state index is 10.3. The average molecular weight is 211 g/mol. The van der Waals surface area contributed by atoms with Gasteiger partial charge in [0, 0.05) is 12.5 Å². The van der Waals surface area contributed by atoms with Gasteiger partial charge in [0.15, 0.2) is 0 Å². The Labute approximate surface area is 93.5 Å². The summed E-state index contributed by atoms with van der Waals surface area (Å²) in [6, 6.07) is 0. The van der Waals surface area contributed by atoms with E-state index in [0.717, 1.165) is 13.1 Å². The first-order chi connectivity index (χ1) is 7.05. The highest BCUT2D eigenvalue weighted by atomic mass is 16.3. The van der Waals surface area contributed by atoms with Crippen molar-refractivity contribution in [2.75, 3.05) is 13.1 Å². The van der Waals surface area contributed by atoms with Gasteiger partial charge < -0.3 is 10.4 Å². The van der Waals surface area contributed by atoms with E-state index in [-0.39, 0.29) is 0 Å². The van der Waals surface area contributed by atoms with Crippen LogP contribution >= 0.6 is 0 Å². The Balaban J connectivity index is 2.17. The molecule has 0 aromatic carbocycles. The maximum absolute atomic E-state index is 10.3. The van der Waals surface area contributed by atoms with Crippen molar-refractivity contribution in [3.05, 3.63) is 0 Å². The third-order valence-corrected chi connectivity index (χ3v) is 4.59. The van der Waals surface area contributed by atoms with E-state index in [0.29, 0.717) is 11.3 Å². The van der Waals surface area contributed by atoms with Crippen molar-refractivity contribution in [3.8, 4) is 0 Å². The number of aliphatic hydroxyl groups is 1. The molecule has 88 valence electrons. The Morgan fingerprint density at radius 1 is 1.13 bits per heavy atom. The molecule has 1 saturated heterocycles. The summed E-state index contributed by atoms with van der Waals surface area (Å²) in [5.41, 5.74) is -0.0769. The number of piperidine rings is 1. The van der Waals surface area contributed by atoms with E-state index in [2.05, 4.69) is 5.32 Å². The molecular formula is C13H25NO. The van der Waals surface area contributed by atoms with E-state index in [9.17, 15) is 5.11 Å². The molecule has 0 amide bonds. The Bertz CT molecular complexity index is 205. The lowest BCUT2D eigenvalue weighted by molar-refractivity contribution is -0.0802. The molecule has 1 aliphatic carbocycles. The zero-order valence-electron chi connectivity index (χ0n) is 10.2. The fourth-order valence-corrected chi connectivity index (χ4v) is 3.83. The first-order valence-corrected chi connectivity index (χ1v) is 6.48. The van der Waals surface area contributed by atoms with Crippen LogP contribution in [0.5, 0.6) is 0 Å². The van der Waals surface area contributed by atoms with Crippen LogP contribution in [0, 0.1) is 11.3 Å². The average Bonchev–Trinajstić information content (AvgIpc) is 2.18. The standard InChI is InChI=1S/C13H25NO/c1-12(2,15)11-10-14-9-8-13(11)6-4-3-5-7-13/h11,14-15H,3-10H2,1-2H3. The van der Waals surface area contributed by atoms with Gasteiger partial charge in [-0.1, -0.05) is 19.3 Å². The van der Waals surface area contributed by atoms with Crippen LogP contribution in [0.15, 0.2) is 0 Å². The zero-order valence-corrected chi connectivity index (χ0v) is 10.2. The van der Waals surface area contributed by atoms with Crippen molar-refractivity contribution >= 4 is 0 Å². The fourth-order valence-electron chi connectivity index (χ4n) is 3.83. The van der Waals surface area contributed by atoms with E-state index < -0.39 is 5.60 Å². The molecule has 0 aromatic rings. The Kier molecular flexibility index (Phi) is 3.09. The van der Waals surface area contributed by atoms with E-state index in [1.807, 2.05) is 13.8 Å². The number of hydrogen-bond donors (Lipinski definition) is 2. The smallest absolute Gasteiger partial charge is 0.0637 e. The molecule has 1 spiro atoms. The zero-order chi connectivity index (χ0) is 10.9. The van der Waals surface area contributed by atoms with Crippen LogP contribution < -0.4 is 5.32 Å². The second kappa shape index (κ2) is 4.06. The Hall–Kier alpha value is -0.0800. The van der Waals surface area contributed by atoms with Crippen molar-refractivity contribution in [3.63, 3.8) is 0 Å². The molecule has 2 fully saturated rings. The fraction of sp³-hybridized carbons (Fsp3) is 1.00. The Morgan fingerprint density at radius 3 is 2.40 bits per heavy atom. The second-order valence-corrected chi connectivity index (χ2v) is 6.08. The molecule has 15 heavy (non-hydrogen) atoms. The van der Waals surface area contributed by atoms with Crippen LogP contribution in [-0.2, 0) is 0 Å². The highest BCUT2D eigenvalue weighted by molar-refractivity contribution is 4.99. The van der Waals surface area contributed by atoms with Gasteiger partial charge in [0.2, 0.25) is 0 Å². The molecule has 1 unspecified atom stereocenters. The van der Waals surface area contributed by atoms with Gasteiger partial charge in [-0.3, -0.25) is 0 Å². The van der Waals surface area contributed by atoms with E-state index >= 15 is 0 Å². The molecule has 0 bridgehead atoms. The molecule has 1 atom stereocenters. The van der Waals surface area contributed by atoms with Gasteiger partial charge >= 0.3 is 0 Å². The minimum atomic E-state index is -0.523. The summed E-state index contributed by atoms with van der Waals surface area (Å²) in [6.45, 7) is 6.12. The predicted molar refractivity (Wildman–Crippen MR) is 62.8 cm³/mol. The van der Waals surface area contributed by atoms with E-state index in [1.165, 1.54) is 38.5 Å². The van der Waals surface area contributed by atoms with Crippen molar-refractivity contribution in [2.45, 2.75) is 58.0 Å². The summed E-state index contributed by atoms with van der Waals surface area (Å²) in [7, 11) is 0. The van der Waals surface area contributed by atoms with E-state index in [1.54, 1.807) is 0 Å². The lowest BCUT2D eigenvalue weighted by atomic mass is 9.58. The molecule has 2 aliphatic rings. The summed E-state index contributed by atoms with van der Waals surface area (Å²) >= 11 is 0. The third kappa shape index (κ3) is 2.21. The highest BCUT2D eigenvalue weighted by Crippen LogP contribution is 2.50. The molecule has 0 radical (unpaired) electrons. The molecule has 2 N–H and O–H groups in total. The molecule has 1 aliphatic heterocycles. The van der Waals surface area contributed by atoms with E-state index in [4.69, 9.17) is 0 Å². The number of hydrogen-bond acceptors (Lipinski definition) is 2. The minimum Gasteiger partial charge on any atom is -0.390 e. The van der Waals surface area contributed by atoms with Gasteiger partial charge in [-0.05, 0) is 45.1 Å². The molecule has 2 heteroatoms. The third-order valence-electron chi connectivity index (χ3n) is 4.59. The topological polar surface area (TPSA) is 32.3 Å². The largest absolute Gasteiger partial charge is 0.390 e. The highest BCUT2D eigenvalue weighted by Gasteiger charge is 2.47. The Morgan fingerprint density at radius 2 is 1.80 bits per heavy atom. The van der Waals surface area contributed by atoms with Crippen LogP contribution in [0.4, 0.5) is 0 Å². The van der Waals surface area contributed by atoms with Gasteiger partial charge in [0.05, 0.1) is 5.60 Å². The van der Waals surface area contributed by atoms with Gasteiger partial charge in [-0.15, -0.1) is 0 Å². The quantitative estimate of drug-likeness (QED) is 0.697. The molecule has 1 heterocycles.